The smallest absolute Gasteiger partial charge is 0.269 e. The van der Waals surface area contributed by atoms with Crippen LogP contribution in [0.5, 0.6) is 5.75 Å². The summed E-state index contributed by atoms with van der Waals surface area (Å²) < 4.78 is 7.10. The Morgan fingerprint density at radius 3 is 2.81 bits per heavy atom. The van der Waals surface area contributed by atoms with Crippen molar-refractivity contribution < 1.29 is 9.53 Å². The second-order valence-electron chi connectivity index (χ2n) is 4.66. The Labute approximate surface area is 128 Å². The molecule has 0 unspecified atom stereocenters. The normalized spacial score (nSPS) is 10.5. The Hall–Kier alpha value is -2.01. The monoisotopic (exact) mass is 307 g/mol. The topological polar surface area (TPSA) is 56.1 Å². The molecule has 1 aromatic carbocycles. The molecule has 21 heavy (non-hydrogen) atoms. The van der Waals surface area contributed by atoms with Crippen LogP contribution in [0.1, 0.15) is 28.7 Å². The minimum Gasteiger partial charge on any atom is -0.493 e. The van der Waals surface area contributed by atoms with Gasteiger partial charge in [-0.25, -0.2) is 0 Å². The van der Waals surface area contributed by atoms with Crippen LogP contribution in [0.25, 0.3) is 0 Å². The Kier molecular flexibility index (Phi) is 4.85. The zero-order valence-electron chi connectivity index (χ0n) is 12.3. The summed E-state index contributed by atoms with van der Waals surface area (Å²) >= 11 is 5.96. The van der Waals surface area contributed by atoms with Gasteiger partial charge in [-0.1, -0.05) is 17.7 Å². The number of ether oxygens (including phenoxy) is 1. The predicted octanol–water partition coefficient (Wildman–Crippen LogP) is 2.71. The molecule has 0 aliphatic heterocycles. The van der Waals surface area contributed by atoms with Crippen LogP contribution in [-0.4, -0.2) is 22.3 Å². The molecule has 2 rings (SSSR count). The van der Waals surface area contributed by atoms with E-state index in [-0.39, 0.29) is 5.91 Å². The first-order valence-electron chi connectivity index (χ1n) is 6.71. The maximum absolute atomic E-state index is 12.1. The highest BCUT2D eigenvalue weighted by molar-refractivity contribution is 6.30. The van der Waals surface area contributed by atoms with E-state index in [1.54, 1.807) is 29.9 Å². The third-order valence-corrected chi connectivity index (χ3v) is 3.24. The number of carbonyl (C=O) groups excluding carboxylic acids is 1. The quantitative estimate of drug-likeness (QED) is 0.924. The van der Waals surface area contributed by atoms with E-state index >= 15 is 0 Å². The molecule has 2 aromatic rings. The first-order chi connectivity index (χ1) is 10.0. The summed E-state index contributed by atoms with van der Waals surface area (Å²) in [5.74, 6) is 0.516. The largest absolute Gasteiger partial charge is 0.493 e. The van der Waals surface area contributed by atoms with Gasteiger partial charge >= 0.3 is 0 Å². The molecule has 5 nitrogen and oxygen atoms in total. The molecule has 0 aliphatic rings. The first kappa shape index (κ1) is 15.4. The lowest BCUT2D eigenvalue weighted by molar-refractivity contribution is 0.0941. The molecule has 1 amide bonds. The number of amides is 1. The number of aromatic nitrogens is 2. The SMILES string of the molecule is CCOc1cc(Cl)ccc1CNC(=O)c1cc(C)nn1C. The summed E-state index contributed by atoms with van der Waals surface area (Å²) in [5.41, 5.74) is 2.22. The fraction of sp³-hybridized carbons (Fsp3) is 0.333. The van der Waals surface area contributed by atoms with Gasteiger partial charge in [0.25, 0.3) is 5.91 Å². The minimum atomic E-state index is -0.171. The van der Waals surface area contributed by atoms with Crippen molar-refractivity contribution in [3.8, 4) is 5.75 Å². The molecule has 0 saturated heterocycles. The predicted molar refractivity (Wildman–Crippen MR) is 81.7 cm³/mol. The summed E-state index contributed by atoms with van der Waals surface area (Å²) in [6.07, 6.45) is 0. The number of nitrogens with zero attached hydrogens (tertiary/aromatic N) is 2. The van der Waals surface area contributed by atoms with E-state index in [2.05, 4.69) is 10.4 Å². The molecule has 0 fully saturated rings. The summed E-state index contributed by atoms with van der Waals surface area (Å²) in [5, 5.41) is 7.63. The zero-order valence-corrected chi connectivity index (χ0v) is 13.1. The van der Waals surface area contributed by atoms with Crippen molar-refractivity contribution in [2.75, 3.05) is 6.61 Å². The highest BCUT2D eigenvalue weighted by atomic mass is 35.5. The van der Waals surface area contributed by atoms with E-state index in [0.717, 1.165) is 11.3 Å². The summed E-state index contributed by atoms with van der Waals surface area (Å²) in [6.45, 7) is 4.67. The average molecular weight is 308 g/mol. The first-order valence-corrected chi connectivity index (χ1v) is 7.09. The van der Waals surface area contributed by atoms with Crippen molar-refractivity contribution in [2.45, 2.75) is 20.4 Å². The number of benzene rings is 1. The number of aryl methyl sites for hydroxylation is 2. The minimum absolute atomic E-state index is 0.171. The number of rotatable bonds is 5. The van der Waals surface area contributed by atoms with Crippen LogP contribution in [0.15, 0.2) is 24.3 Å². The zero-order chi connectivity index (χ0) is 15.4. The number of carbonyl (C=O) groups is 1. The van der Waals surface area contributed by atoms with Gasteiger partial charge in [-0.2, -0.15) is 5.10 Å². The average Bonchev–Trinajstić information content (AvgIpc) is 2.77. The second-order valence-corrected chi connectivity index (χ2v) is 5.10. The maximum atomic E-state index is 12.1. The van der Waals surface area contributed by atoms with E-state index < -0.39 is 0 Å². The highest BCUT2D eigenvalue weighted by Crippen LogP contribution is 2.23. The van der Waals surface area contributed by atoms with Crippen LogP contribution >= 0.6 is 11.6 Å². The van der Waals surface area contributed by atoms with Crippen LogP contribution < -0.4 is 10.1 Å². The molecule has 0 saturated carbocycles. The molecule has 0 spiro atoms. The van der Waals surface area contributed by atoms with E-state index in [9.17, 15) is 4.79 Å². The molecular formula is C15H18ClN3O2. The lowest BCUT2D eigenvalue weighted by Crippen LogP contribution is -2.25. The van der Waals surface area contributed by atoms with E-state index in [0.29, 0.717) is 29.6 Å². The van der Waals surface area contributed by atoms with E-state index in [1.165, 1.54) is 0 Å². The van der Waals surface area contributed by atoms with Gasteiger partial charge in [0.1, 0.15) is 11.4 Å². The van der Waals surface area contributed by atoms with Gasteiger partial charge in [-0.3, -0.25) is 9.48 Å². The Balaban J connectivity index is 2.09. The number of hydrogen-bond acceptors (Lipinski definition) is 3. The molecule has 112 valence electrons. The van der Waals surface area contributed by atoms with Crippen molar-refractivity contribution in [2.24, 2.45) is 7.05 Å². The van der Waals surface area contributed by atoms with Gasteiger partial charge < -0.3 is 10.1 Å². The molecule has 0 bridgehead atoms. The van der Waals surface area contributed by atoms with Crippen molar-refractivity contribution in [1.82, 2.24) is 15.1 Å². The van der Waals surface area contributed by atoms with Crippen molar-refractivity contribution in [1.29, 1.82) is 0 Å². The maximum Gasteiger partial charge on any atom is 0.269 e. The van der Waals surface area contributed by atoms with Crippen LogP contribution in [0.3, 0.4) is 0 Å². The lowest BCUT2D eigenvalue weighted by Gasteiger charge is -2.11. The van der Waals surface area contributed by atoms with Crippen LogP contribution in [0.4, 0.5) is 0 Å². The summed E-state index contributed by atoms with van der Waals surface area (Å²) in [7, 11) is 1.75. The van der Waals surface area contributed by atoms with Crippen molar-refractivity contribution in [3.63, 3.8) is 0 Å². The van der Waals surface area contributed by atoms with Crippen molar-refractivity contribution >= 4 is 17.5 Å². The molecule has 0 aliphatic carbocycles. The number of hydrogen-bond donors (Lipinski definition) is 1. The van der Waals surface area contributed by atoms with E-state index in [4.69, 9.17) is 16.3 Å². The molecular weight excluding hydrogens is 290 g/mol. The standard InChI is InChI=1S/C15H18ClN3O2/c1-4-21-14-8-12(16)6-5-11(14)9-17-15(20)13-7-10(2)18-19(13)3/h5-8H,4,9H2,1-3H3,(H,17,20). The Bertz CT molecular complexity index is 652. The Morgan fingerprint density at radius 1 is 1.43 bits per heavy atom. The van der Waals surface area contributed by atoms with Crippen LogP contribution in [-0.2, 0) is 13.6 Å². The second kappa shape index (κ2) is 6.63. The van der Waals surface area contributed by atoms with Gasteiger partial charge in [0.2, 0.25) is 0 Å². The van der Waals surface area contributed by atoms with Gasteiger partial charge in [0.05, 0.1) is 12.3 Å². The van der Waals surface area contributed by atoms with Crippen LogP contribution in [0.2, 0.25) is 5.02 Å². The fourth-order valence-electron chi connectivity index (χ4n) is 2.05. The molecule has 0 atom stereocenters. The van der Waals surface area contributed by atoms with Gasteiger partial charge in [-0.05, 0) is 32.0 Å². The molecule has 1 heterocycles. The summed E-state index contributed by atoms with van der Waals surface area (Å²) in [4.78, 5) is 12.1. The Morgan fingerprint density at radius 2 is 2.19 bits per heavy atom. The number of nitrogens with one attached hydrogen (secondary N) is 1. The fourth-order valence-corrected chi connectivity index (χ4v) is 2.22. The van der Waals surface area contributed by atoms with Crippen molar-refractivity contribution in [3.05, 3.63) is 46.2 Å². The molecule has 0 radical (unpaired) electrons. The molecule has 1 N–H and O–H groups in total. The molecule has 1 aromatic heterocycles. The van der Waals surface area contributed by atoms with Gasteiger partial charge in [0.15, 0.2) is 0 Å². The van der Waals surface area contributed by atoms with Crippen LogP contribution in [0, 0.1) is 6.92 Å². The summed E-state index contributed by atoms with van der Waals surface area (Å²) in [6, 6.07) is 7.13. The number of halogens is 1. The highest BCUT2D eigenvalue weighted by Gasteiger charge is 2.12. The molecule has 6 heteroatoms. The van der Waals surface area contributed by atoms with Gasteiger partial charge in [0, 0.05) is 24.2 Å². The van der Waals surface area contributed by atoms with Gasteiger partial charge in [-0.15, -0.1) is 0 Å². The third-order valence-electron chi connectivity index (χ3n) is 3.00. The lowest BCUT2D eigenvalue weighted by atomic mass is 10.2. The van der Waals surface area contributed by atoms with E-state index in [1.807, 2.05) is 19.9 Å². The third kappa shape index (κ3) is 3.76.